The highest BCUT2D eigenvalue weighted by Crippen LogP contribution is 2.75. The van der Waals surface area contributed by atoms with Gasteiger partial charge in [-0.2, -0.15) is 4.39 Å². The topological polar surface area (TPSA) is 233 Å². The predicted octanol–water partition coefficient (Wildman–Crippen LogP) is 4.12. The number of aromatic hydroxyl groups is 1. The summed E-state index contributed by atoms with van der Waals surface area (Å²) in [5.41, 5.74) is -1.34. The highest BCUT2D eigenvalue weighted by Gasteiger charge is 2.87. The normalized spacial score (nSPS) is 29.7. The maximum Gasteiger partial charge on any atom is 0.411 e. The SMILES string of the molecule is C#CCN(CCCCCCCCCCCCNC(=O)c1cc2cc(F)c(O)c(F)c2oc1=O)C(=O)O[C@@]12[C@H](O)[C@@H](N)[C@@]3(O)[C@@H](C=C(CO)C[C@]4(O)C(=O)C(C)=C[C@@H]34)[C@@H]1C2(C)C. The first-order chi connectivity index (χ1) is 28.8. The van der Waals surface area contributed by atoms with Gasteiger partial charge in [0.25, 0.3) is 5.91 Å². The van der Waals surface area contributed by atoms with Gasteiger partial charge in [-0.25, -0.2) is 14.0 Å². The van der Waals surface area contributed by atoms with Gasteiger partial charge in [-0.15, -0.1) is 6.42 Å². The molecule has 8 atom stereocenters. The number of aliphatic hydroxyl groups is 4. The first kappa shape index (κ1) is 45.9. The number of nitrogens with zero attached hydrogens (tertiary/aromatic N) is 1. The second-order valence-electron chi connectivity index (χ2n) is 17.8. The van der Waals surface area contributed by atoms with Crippen molar-refractivity contribution in [3.05, 3.63) is 63.0 Å². The van der Waals surface area contributed by atoms with Crippen LogP contribution in [0.25, 0.3) is 11.0 Å². The van der Waals surface area contributed by atoms with E-state index in [0.29, 0.717) is 31.5 Å². The molecule has 0 unspecified atom stereocenters. The molecule has 1 heterocycles. The molecule has 0 saturated heterocycles. The summed E-state index contributed by atoms with van der Waals surface area (Å²) >= 11 is 0. The van der Waals surface area contributed by atoms with Crippen LogP contribution in [0.4, 0.5) is 13.6 Å². The minimum absolute atomic E-state index is 0.0252. The number of phenolic OH excluding ortho intramolecular Hbond substituents is 1. The highest BCUT2D eigenvalue weighted by atomic mass is 19.1. The number of ketones is 1. The second kappa shape index (κ2) is 17.6. The third-order valence-electron chi connectivity index (χ3n) is 13.7. The van der Waals surface area contributed by atoms with Crippen LogP contribution in [-0.4, -0.2) is 103 Å². The molecule has 1 aromatic carbocycles. The lowest BCUT2D eigenvalue weighted by Crippen LogP contribution is -2.72. The van der Waals surface area contributed by atoms with Gasteiger partial charge in [-0.3, -0.25) is 14.5 Å². The zero-order valence-corrected chi connectivity index (χ0v) is 34.8. The largest absolute Gasteiger partial charge is 0.503 e. The molecule has 4 aliphatic carbocycles. The Morgan fingerprint density at radius 3 is 2.28 bits per heavy atom. The third-order valence-corrected chi connectivity index (χ3v) is 13.7. The molecular formula is C45H57F2N3O11. The number of rotatable bonds is 17. The van der Waals surface area contributed by atoms with Crippen LogP contribution >= 0.6 is 0 Å². The fourth-order valence-electron chi connectivity index (χ4n) is 10.4. The minimum atomic E-state index is -2.06. The molecular weight excluding hydrogens is 797 g/mol. The first-order valence-electron chi connectivity index (χ1n) is 21.1. The molecule has 1 aromatic heterocycles. The van der Waals surface area contributed by atoms with Gasteiger partial charge in [-0.05, 0) is 43.0 Å². The minimum Gasteiger partial charge on any atom is -0.503 e. The number of hydrogen-bond donors (Lipinski definition) is 7. The Balaban J connectivity index is 0.919. The lowest BCUT2D eigenvalue weighted by Gasteiger charge is -2.52. The maximum absolute atomic E-state index is 14.1. The third kappa shape index (κ3) is 7.88. The van der Waals surface area contributed by atoms with Crippen LogP contribution < -0.4 is 16.7 Å². The van der Waals surface area contributed by atoms with Crippen LogP contribution in [0.15, 0.2) is 44.6 Å². The number of aliphatic hydroxyl groups excluding tert-OH is 2. The average molecular weight is 854 g/mol. The van der Waals surface area contributed by atoms with Gasteiger partial charge < -0.3 is 45.7 Å². The van der Waals surface area contributed by atoms with Gasteiger partial charge >= 0.3 is 11.7 Å². The lowest BCUT2D eigenvalue weighted by molar-refractivity contribution is -0.191. The van der Waals surface area contributed by atoms with E-state index in [9.17, 15) is 53.5 Å². The Morgan fingerprint density at radius 1 is 1.03 bits per heavy atom. The van der Waals surface area contributed by atoms with Crippen molar-refractivity contribution < 1.29 is 57.9 Å². The van der Waals surface area contributed by atoms with Crippen LogP contribution in [0.5, 0.6) is 5.75 Å². The van der Waals surface area contributed by atoms with Crippen LogP contribution in [0.3, 0.4) is 0 Å². The van der Waals surface area contributed by atoms with Crippen molar-refractivity contribution in [1.82, 2.24) is 10.2 Å². The van der Waals surface area contributed by atoms with Crippen molar-refractivity contribution in [3.8, 4) is 18.1 Å². The number of ether oxygens (including phenoxy) is 1. The zero-order chi connectivity index (χ0) is 44.7. The van der Waals surface area contributed by atoms with E-state index in [0.717, 1.165) is 63.5 Å². The molecule has 2 amide bonds. The molecule has 6 rings (SSSR count). The number of amides is 2. The second-order valence-corrected chi connectivity index (χ2v) is 17.8. The number of hydrogen-bond acceptors (Lipinski definition) is 12. The van der Waals surface area contributed by atoms with Crippen molar-refractivity contribution in [2.24, 2.45) is 28.9 Å². The number of benzene rings is 1. The summed E-state index contributed by atoms with van der Waals surface area (Å²) in [4.78, 5) is 53.2. The first-order valence-corrected chi connectivity index (χ1v) is 21.1. The molecule has 4 aliphatic rings. The monoisotopic (exact) mass is 853 g/mol. The summed E-state index contributed by atoms with van der Waals surface area (Å²) in [6.45, 7) is 5.28. The molecule has 16 heteroatoms. The Kier molecular flexibility index (Phi) is 13.2. The number of phenols is 1. The maximum atomic E-state index is 14.1. The van der Waals surface area contributed by atoms with E-state index in [1.165, 1.54) is 11.0 Å². The summed E-state index contributed by atoms with van der Waals surface area (Å²) in [7, 11) is 0. The molecule has 8 N–H and O–H groups in total. The van der Waals surface area contributed by atoms with Gasteiger partial charge in [0.15, 0.2) is 28.5 Å². The Labute approximate surface area is 352 Å². The molecule has 0 radical (unpaired) electrons. The number of Topliss-reactive ketones (excluding diaryl/α,β-unsaturated/α-hetero) is 1. The number of carbonyl (C=O) groups is 3. The zero-order valence-electron chi connectivity index (χ0n) is 34.8. The van der Waals surface area contributed by atoms with Crippen LogP contribution in [0.1, 0.15) is 102 Å². The van der Waals surface area contributed by atoms with Gasteiger partial charge in [-0.1, -0.05) is 83.3 Å². The number of halogens is 2. The van der Waals surface area contributed by atoms with Gasteiger partial charge in [0.1, 0.15) is 17.3 Å². The summed E-state index contributed by atoms with van der Waals surface area (Å²) in [5.74, 6) is -5.43. The summed E-state index contributed by atoms with van der Waals surface area (Å²) in [6, 6.07) is 0.373. The molecule has 0 aliphatic heterocycles. The van der Waals surface area contributed by atoms with Crippen molar-refractivity contribution >= 4 is 28.8 Å². The van der Waals surface area contributed by atoms with Crippen molar-refractivity contribution in [2.75, 3.05) is 26.2 Å². The van der Waals surface area contributed by atoms with Crippen LogP contribution in [0, 0.1) is 47.1 Å². The Morgan fingerprint density at radius 2 is 1.66 bits per heavy atom. The van der Waals surface area contributed by atoms with Gasteiger partial charge in [0.2, 0.25) is 5.82 Å². The standard InChI is InChI=1S/C45H57F2N3O11/c1-5-17-50(18-15-13-11-9-7-6-8-10-12-14-16-49-39(55)28-21-27-22-30(46)33(52)32(47)34(27)60-40(28)56)41(57)61-45-35(42(45,3)4)29-20-26(24-51)23-43(58)31(19-25(2)37(43)53)44(29,59)36(48)38(45)54/h1,19-22,29,31,35-36,38,51-52,54,58-59H,6-18,23-24,48H2,2-4H3,(H,49,55)/t29-,31+,35+,36+,38+,43+,44+,45+/m0/s1. The molecule has 2 saturated carbocycles. The number of unbranched alkanes of at least 4 members (excludes halogenated alkanes) is 9. The molecule has 14 nitrogen and oxygen atoms in total. The van der Waals surface area contributed by atoms with E-state index in [-0.39, 0.29) is 23.9 Å². The summed E-state index contributed by atoms with van der Waals surface area (Å²) in [5, 5.41) is 58.1. The van der Waals surface area contributed by atoms with Crippen LogP contribution in [-0.2, 0) is 9.53 Å². The van der Waals surface area contributed by atoms with E-state index in [1.54, 1.807) is 13.0 Å². The fourth-order valence-corrected chi connectivity index (χ4v) is 10.4. The smallest absolute Gasteiger partial charge is 0.411 e. The van der Waals surface area contributed by atoms with Crippen molar-refractivity contribution in [3.63, 3.8) is 0 Å². The number of carbonyl (C=O) groups excluding carboxylic acids is 3. The Bertz CT molecular complexity index is 2220. The average Bonchev–Trinajstić information content (AvgIpc) is 3.65. The number of nitrogens with two attached hydrogens (primary N) is 1. The van der Waals surface area contributed by atoms with E-state index in [2.05, 4.69) is 11.2 Å². The molecule has 0 spiro atoms. The predicted molar refractivity (Wildman–Crippen MR) is 219 cm³/mol. The number of terminal acetylenes is 1. The van der Waals surface area contributed by atoms with E-state index < -0.39 is 111 Å². The fraction of sp³-hybridized carbons (Fsp3) is 0.600. The van der Waals surface area contributed by atoms with E-state index in [4.69, 9.17) is 21.3 Å². The number of fused-ring (bicyclic) bond motifs is 6. The van der Waals surface area contributed by atoms with Gasteiger partial charge in [0.05, 0.1) is 24.8 Å². The molecule has 61 heavy (non-hydrogen) atoms. The molecule has 2 fully saturated rings. The van der Waals surface area contributed by atoms with E-state index in [1.807, 2.05) is 13.8 Å². The van der Waals surface area contributed by atoms with Crippen LogP contribution in [0.2, 0.25) is 0 Å². The van der Waals surface area contributed by atoms with Crippen molar-refractivity contribution in [2.45, 2.75) is 120 Å². The summed E-state index contributed by atoms with van der Waals surface area (Å²) < 4.78 is 38.8. The molecule has 2 aromatic rings. The highest BCUT2D eigenvalue weighted by molar-refractivity contribution is 6.05. The lowest BCUT2D eigenvalue weighted by atomic mass is 9.61. The molecule has 0 bridgehead atoms. The quantitative estimate of drug-likeness (QED) is 0.0516. The van der Waals surface area contributed by atoms with E-state index >= 15 is 0 Å². The molecule has 332 valence electrons. The van der Waals surface area contributed by atoms with Gasteiger partial charge in [0, 0.05) is 48.1 Å². The van der Waals surface area contributed by atoms with Crippen molar-refractivity contribution in [1.29, 1.82) is 0 Å². The summed E-state index contributed by atoms with van der Waals surface area (Å²) in [6.07, 6.45) is 15.2. The number of nitrogens with one attached hydrogen (secondary N) is 1. The Hall–Kier alpha value is -4.66.